The summed E-state index contributed by atoms with van der Waals surface area (Å²) in [7, 11) is 0. The Balaban J connectivity index is 2.35. The molecule has 3 N–H and O–H groups in total. The van der Waals surface area contributed by atoms with E-state index in [9.17, 15) is 0 Å². The van der Waals surface area contributed by atoms with E-state index in [2.05, 4.69) is 29.6 Å². The van der Waals surface area contributed by atoms with Crippen molar-refractivity contribution in [2.45, 2.75) is 13.0 Å². The van der Waals surface area contributed by atoms with Crippen molar-refractivity contribution in [3.8, 4) is 0 Å². The maximum Gasteiger partial charge on any atom is 0.0208 e. The number of hydrogen-bond acceptors (Lipinski definition) is 2. The predicted molar refractivity (Wildman–Crippen MR) is 59.9 cm³/mol. The molecule has 0 radical (unpaired) electrons. The lowest BCUT2D eigenvalue weighted by molar-refractivity contribution is 0.643. The van der Waals surface area contributed by atoms with Crippen LogP contribution in [0.5, 0.6) is 0 Å². The first kappa shape index (κ1) is 9.44. The Morgan fingerprint density at radius 3 is 3.21 bits per heavy atom. The molecule has 0 amide bonds. The van der Waals surface area contributed by atoms with E-state index >= 15 is 0 Å². The van der Waals surface area contributed by atoms with Gasteiger partial charge in [-0.2, -0.15) is 0 Å². The third-order valence-electron chi connectivity index (χ3n) is 2.61. The van der Waals surface area contributed by atoms with Crippen LogP contribution in [0.4, 0.5) is 0 Å². The standard InChI is InChI=1S/C12H16N2/c13-7-2-5-10-3-1-4-11-9-14-8-6-12(10)11/h1-5,14H,6-9,13H2. The zero-order valence-electron chi connectivity index (χ0n) is 8.29. The van der Waals surface area contributed by atoms with Gasteiger partial charge in [-0.1, -0.05) is 30.4 Å². The van der Waals surface area contributed by atoms with Crippen LogP contribution >= 0.6 is 0 Å². The van der Waals surface area contributed by atoms with Gasteiger partial charge >= 0.3 is 0 Å². The Morgan fingerprint density at radius 2 is 2.36 bits per heavy atom. The molecule has 74 valence electrons. The first-order valence-electron chi connectivity index (χ1n) is 5.10. The summed E-state index contributed by atoms with van der Waals surface area (Å²) < 4.78 is 0. The van der Waals surface area contributed by atoms with E-state index in [4.69, 9.17) is 5.73 Å². The van der Waals surface area contributed by atoms with Crippen molar-refractivity contribution in [1.82, 2.24) is 5.32 Å². The van der Waals surface area contributed by atoms with Gasteiger partial charge in [0.25, 0.3) is 0 Å². The molecule has 1 aliphatic rings. The maximum absolute atomic E-state index is 5.45. The largest absolute Gasteiger partial charge is 0.327 e. The Kier molecular flexibility index (Phi) is 2.96. The molecule has 2 heteroatoms. The topological polar surface area (TPSA) is 38.0 Å². The van der Waals surface area contributed by atoms with Crippen LogP contribution in [0.1, 0.15) is 16.7 Å². The van der Waals surface area contributed by atoms with Crippen LogP contribution in [-0.4, -0.2) is 13.1 Å². The summed E-state index contributed by atoms with van der Waals surface area (Å²) in [5.74, 6) is 0. The number of nitrogens with two attached hydrogens (primary N) is 1. The van der Waals surface area contributed by atoms with E-state index < -0.39 is 0 Å². The van der Waals surface area contributed by atoms with Crippen LogP contribution in [0, 0.1) is 0 Å². The van der Waals surface area contributed by atoms with Gasteiger partial charge in [0.2, 0.25) is 0 Å². The van der Waals surface area contributed by atoms with E-state index in [1.54, 1.807) is 0 Å². The van der Waals surface area contributed by atoms with E-state index in [1.165, 1.54) is 16.7 Å². The first-order valence-corrected chi connectivity index (χ1v) is 5.10. The molecular weight excluding hydrogens is 172 g/mol. The molecule has 0 spiro atoms. The van der Waals surface area contributed by atoms with E-state index in [-0.39, 0.29) is 0 Å². The molecule has 0 atom stereocenters. The highest BCUT2D eigenvalue weighted by Gasteiger charge is 2.09. The summed E-state index contributed by atoms with van der Waals surface area (Å²) >= 11 is 0. The molecule has 1 aliphatic heterocycles. The number of fused-ring (bicyclic) bond motifs is 1. The number of benzene rings is 1. The average molecular weight is 188 g/mol. The lowest BCUT2D eigenvalue weighted by Crippen LogP contribution is -2.24. The molecule has 2 nitrogen and oxygen atoms in total. The molecule has 1 heterocycles. The minimum atomic E-state index is 0.613. The lowest BCUT2D eigenvalue weighted by Gasteiger charge is -2.18. The third-order valence-corrected chi connectivity index (χ3v) is 2.61. The summed E-state index contributed by atoms with van der Waals surface area (Å²) in [4.78, 5) is 0. The molecular formula is C12H16N2. The smallest absolute Gasteiger partial charge is 0.0208 e. The quantitative estimate of drug-likeness (QED) is 0.734. The highest BCUT2D eigenvalue weighted by atomic mass is 14.9. The van der Waals surface area contributed by atoms with Crippen LogP contribution < -0.4 is 11.1 Å². The summed E-state index contributed by atoms with van der Waals surface area (Å²) in [6.07, 6.45) is 5.27. The minimum absolute atomic E-state index is 0.613. The SMILES string of the molecule is NCC=Cc1cccc2c1CCNC2. The van der Waals surface area contributed by atoms with E-state index in [0.717, 1.165) is 19.5 Å². The maximum atomic E-state index is 5.45. The van der Waals surface area contributed by atoms with Crippen molar-refractivity contribution < 1.29 is 0 Å². The zero-order valence-corrected chi connectivity index (χ0v) is 8.29. The summed E-state index contributed by atoms with van der Waals surface area (Å²) in [5.41, 5.74) is 9.69. The number of hydrogen-bond donors (Lipinski definition) is 2. The summed E-state index contributed by atoms with van der Waals surface area (Å²) in [5, 5.41) is 3.38. The second kappa shape index (κ2) is 4.40. The predicted octanol–water partition coefficient (Wildman–Crippen LogP) is 1.30. The van der Waals surface area contributed by atoms with Crippen LogP contribution in [0.15, 0.2) is 24.3 Å². The highest BCUT2D eigenvalue weighted by molar-refractivity contribution is 5.56. The Hall–Kier alpha value is -1.12. The van der Waals surface area contributed by atoms with E-state index in [1.807, 2.05) is 6.08 Å². The summed E-state index contributed by atoms with van der Waals surface area (Å²) in [6, 6.07) is 6.47. The molecule has 2 rings (SSSR count). The van der Waals surface area contributed by atoms with Crippen molar-refractivity contribution in [3.63, 3.8) is 0 Å². The number of rotatable bonds is 2. The van der Waals surface area contributed by atoms with Crippen molar-refractivity contribution >= 4 is 6.08 Å². The fourth-order valence-electron chi connectivity index (χ4n) is 1.91. The molecule has 0 saturated carbocycles. The normalized spacial score (nSPS) is 15.8. The van der Waals surface area contributed by atoms with Crippen molar-refractivity contribution in [3.05, 3.63) is 41.0 Å². The Bertz CT molecular complexity index is 342. The molecule has 1 aromatic rings. The van der Waals surface area contributed by atoms with Gasteiger partial charge in [0, 0.05) is 13.1 Å². The van der Waals surface area contributed by atoms with Crippen LogP contribution in [0.2, 0.25) is 0 Å². The fraction of sp³-hybridized carbons (Fsp3) is 0.333. The highest BCUT2D eigenvalue weighted by Crippen LogP contribution is 2.19. The molecule has 1 aromatic carbocycles. The van der Waals surface area contributed by atoms with Gasteiger partial charge in [-0.05, 0) is 29.7 Å². The molecule has 0 aromatic heterocycles. The van der Waals surface area contributed by atoms with Crippen molar-refractivity contribution in [1.29, 1.82) is 0 Å². The second-order valence-corrected chi connectivity index (χ2v) is 3.55. The molecule has 0 aliphatic carbocycles. The Morgan fingerprint density at radius 1 is 1.43 bits per heavy atom. The van der Waals surface area contributed by atoms with Gasteiger partial charge in [0.05, 0.1) is 0 Å². The average Bonchev–Trinajstić information content (AvgIpc) is 2.26. The van der Waals surface area contributed by atoms with Gasteiger partial charge in [0.15, 0.2) is 0 Å². The van der Waals surface area contributed by atoms with Gasteiger partial charge in [0.1, 0.15) is 0 Å². The van der Waals surface area contributed by atoms with Gasteiger partial charge in [-0.25, -0.2) is 0 Å². The monoisotopic (exact) mass is 188 g/mol. The Labute approximate surface area is 84.8 Å². The van der Waals surface area contributed by atoms with E-state index in [0.29, 0.717) is 6.54 Å². The van der Waals surface area contributed by atoms with Crippen molar-refractivity contribution in [2.75, 3.05) is 13.1 Å². The van der Waals surface area contributed by atoms with Crippen LogP contribution in [-0.2, 0) is 13.0 Å². The van der Waals surface area contributed by atoms with Crippen LogP contribution in [0.25, 0.3) is 6.08 Å². The third kappa shape index (κ3) is 1.86. The minimum Gasteiger partial charge on any atom is -0.327 e. The van der Waals surface area contributed by atoms with Crippen molar-refractivity contribution in [2.24, 2.45) is 5.73 Å². The van der Waals surface area contributed by atoms with Crippen LogP contribution in [0.3, 0.4) is 0 Å². The number of nitrogens with one attached hydrogen (secondary N) is 1. The molecule has 0 saturated heterocycles. The van der Waals surface area contributed by atoms with Gasteiger partial charge < -0.3 is 11.1 Å². The fourth-order valence-corrected chi connectivity index (χ4v) is 1.91. The molecule has 0 unspecified atom stereocenters. The molecule has 0 bridgehead atoms. The summed E-state index contributed by atoms with van der Waals surface area (Å²) in [6.45, 7) is 2.70. The lowest BCUT2D eigenvalue weighted by atomic mass is 9.95. The van der Waals surface area contributed by atoms with Gasteiger partial charge in [-0.15, -0.1) is 0 Å². The first-order chi connectivity index (χ1) is 6.92. The molecule has 0 fully saturated rings. The molecule has 14 heavy (non-hydrogen) atoms. The second-order valence-electron chi connectivity index (χ2n) is 3.55. The zero-order chi connectivity index (χ0) is 9.80. The van der Waals surface area contributed by atoms with Gasteiger partial charge in [-0.3, -0.25) is 0 Å².